The van der Waals surface area contributed by atoms with Crippen molar-refractivity contribution in [3.05, 3.63) is 0 Å². The topological polar surface area (TPSA) is 37.4 Å². The van der Waals surface area contributed by atoms with Gasteiger partial charge in [0.15, 0.2) is 5.78 Å². The minimum Gasteiger partial charge on any atom is -0.343 e. The first kappa shape index (κ1) is 12.7. The number of nitrogens with zero attached hydrogens (tertiary/aromatic N) is 1. The molecule has 2 atom stereocenters. The second-order valence-corrected chi connectivity index (χ2v) is 4.97. The number of halogens is 1. The largest absolute Gasteiger partial charge is 0.343 e. The Labute approximate surface area is 99.3 Å². The van der Waals surface area contributed by atoms with Gasteiger partial charge < -0.3 is 4.90 Å². The van der Waals surface area contributed by atoms with E-state index in [9.17, 15) is 9.59 Å². The molecule has 4 heteroatoms. The smallest absolute Gasteiger partial charge is 0.233 e. The summed E-state index contributed by atoms with van der Waals surface area (Å²) in [7, 11) is 0. The number of alkyl halides is 1. The number of hydrogen-bond acceptors (Lipinski definition) is 2. The van der Waals surface area contributed by atoms with Gasteiger partial charge in [-0.05, 0) is 26.7 Å². The Kier molecular flexibility index (Phi) is 4.77. The van der Waals surface area contributed by atoms with Crippen molar-refractivity contribution in [3.8, 4) is 0 Å². The number of rotatable bonds is 3. The van der Waals surface area contributed by atoms with E-state index in [1.807, 2.05) is 13.8 Å². The molecule has 1 amide bonds. The second-order valence-electron chi connectivity index (χ2n) is 3.86. The van der Waals surface area contributed by atoms with E-state index in [1.54, 1.807) is 4.90 Å². The van der Waals surface area contributed by atoms with Crippen molar-refractivity contribution in [3.63, 3.8) is 0 Å². The Bertz CT molecular complexity index is 251. The molecule has 1 saturated carbocycles. The Balaban J connectivity index is 2.69. The van der Waals surface area contributed by atoms with Crippen molar-refractivity contribution in [1.29, 1.82) is 0 Å². The van der Waals surface area contributed by atoms with Gasteiger partial charge >= 0.3 is 0 Å². The van der Waals surface area contributed by atoms with Crippen molar-refractivity contribution in [2.75, 3.05) is 13.1 Å². The summed E-state index contributed by atoms with van der Waals surface area (Å²) in [5.41, 5.74) is 0. The van der Waals surface area contributed by atoms with E-state index in [0.29, 0.717) is 13.1 Å². The monoisotopic (exact) mass is 275 g/mol. The van der Waals surface area contributed by atoms with Crippen LogP contribution in [0.25, 0.3) is 0 Å². The van der Waals surface area contributed by atoms with Crippen LogP contribution in [0.4, 0.5) is 0 Å². The van der Waals surface area contributed by atoms with Crippen molar-refractivity contribution in [2.24, 2.45) is 5.92 Å². The van der Waals surface area contributed by atoms with E-state index >= 15 is 0 Å². The lowest BCUT2D eigenvalue weighted by molar-refractivity contribution is -0.142. The maximum Gasteiger partial charge on any atom is 0.233 e. The van der Waals surface area contributed by atoms with Crippen LogP contribution in [0.5, 0.6) is 0 Å². The highest BCUT2D eigenvalue weighted by Crippen LogP contribution is 2.27. The molecule has 1 aliphatic rings. The fraction of sp³-hybridized carbons (Fsp3) is 0.818. The van der Waals surface area contributed by atoms with E-state index < -0.39 is 5.92 Å². The van der Waals surface area contributed by atoms with Crippen LogP contribution in [0.15, 0.2) is 0 Å². The van der Waals surface area contributed by atoms with Crippen LogP contribution in [-0.2, 0) is 9.59 Å². The predicted molar refractivity (Wildman–Crippen MR) is 63.0 cm³/mol. The standard InChI is InChI=1S/C11H18BrNO2/c1-3-13(4-2)11(15)8-6-5-7-9(12)10(8)14/h8-9H,3-7H2,1-2H3/t8-,9+/m0/s1. The normalized spacial score (nSPS) is 26.5. The Hall–Kier alpha value is -0.380. The molecule has 0 aromatic carbocycles. The highest BCUT2D eigenvalue weighted by atomic mass is 79.9. The molecule has 3 nitrogen and oxygen atoms in total. The molecule has 0 saturated heterocycles. The summed E-state index contributed by atoms with van der Waals surface area (Å²) >= 11 is 3.34. The van der Waals surface area contributed by atoms with Gasteiger partial charge in [0, 0.05) is 13.1 Å². The van der Waals surface area contributed by atoms with Gasteiger partial charge in [-0.15, -0.1) is 0 Å². The molecule has 0 N–H and O–H groups in total. The summed E-state index contributed by atoms with van der Waals surface area (Å²) in [6.07, 6.45) is 2.54. The van der Waals surface area contributed by atoms with Gasteiger partial charge in [-0.1, -0.05) is 22.4 Å². The summed E-state index contributed by atoms with van der Waals surface area (Å²) < 4.78 is 0. The number of Topliss-reactive ketones (excluding diaryl/α,β-unsaturated/α-hetero) is 1. The van der Waals surface area contributed by atoms with E-state index in [-0.39, 0.29) is 16.5 Å². The highest BCUT2D eigenvalue weighted by Gasteiger charge is 2.35. The lowest BCUT2D eigenvalue weighted by atomic mass is 9.87. The molecular formula is C11H18BrNO2. The van der Waals surface area contributed by atoms with Crippen LogP contribution in [-0.4, -0.2) is 34.5 Å². The average Bonchev–Trinajstić information content (AvgIpc) is 2.23. The highest BCUT2D eigenvalue weighted by molar-refractivity contribution is 9.10. The molecule has 0 spiro atoms. The summed E-state index contributed by atoms with van der Waals surface area (Å²) in [6.45, 7) is 5.26. The molecule has 0 radical (unpaired) electrons. The second kappa shape index (κ2) is 5.64. The number of carbonyl (C=O) groups is 2. The SMILES string of the molecule is CCN(CC)C(=O)[C@H]1CCC[C@@H](Br)C1=O. The zero-order valence-corrected chi connectivity index (χ0v) is 10.9. The van der Waals surface area contributed by atoms with Crippen molar-refractivity contribution >= 4 is 27.6 Å². The first-order valence-corrected chi connectivity index (χ1v) is 6.49. The minimum absolute atomic E-state index is 0.00847. The maximum atomic E-state index is 12.0. The Morgan fingerprint density at radius 2 is 2.00 bits per heavy atom. The molecule has 15 heavy (non-hydrogen) atoms. The number of hydrogen-bond donors (Lipinski definition) is 0. The van der Waals surface area contributed by atoms with Crippen LogP contribution in [0.3, 0.4) is 0 Å². The Morgan fingerprint density at radius 3 is 2.53 bits per heavy atom. The zero-order chi connectivity index (χ0) is 11.4. The quantitative estimate of drug-likeness (QED) is 0.584. The molecule has 0 unspecified atom stereocenters. The molecule has 0 aromatic rings. The summed E-state index contributed by atoms with van der Waals surface area (Å²) in [6, 6.07) is 0. The van der Waals surface area contributed by atoms with Crippen molar-refractivity contribution in [1.82, 2.24) is 4.90 Å². The number of carbonyl (C=O) groups excluding carboxylic acids is 2. The predicted octanol–water partition coefficient (Wildman–Crippen LogP) is 1.99. The van der Waals surface area contributed by atoms with Crippen LogP contribution in [0.2, 0.25) is 0 Å². The maximum absolute atomic E-state index is 12.0. The van der Waals surface area contributed by atoms with E-state index in [1.165, 1.54) is 0 Å². The zero-order valence-electron chi connectivity index (χ0n) is 9.33. The van der Waals surface area contributed by atoms with Crippen molar-refractivity contribution < 1.29 is 9.59 Å². The van der Waals surface area contributed by atoms with Gasteiger partial charge in [0.05, 0.1) is 10.7 Å². The molecule has 86 valence electrons. The third-order valence-electron chi connectivity index (χ3n) is 2.98. The molecule has 1 aliphatic carbocycles. The first-order valence-electron chi connectivity index (χ1n) is 5.58. The molecule has 0 aliphatic heterocycles. The van der Waals surface area contributed by atoms with E-state index in [4.69, 9.17) is 0 Å². The molecule has 0 aromatic heterocycles. The average molecular weight is 276 g/mol. The lowest BCUT2D eigenvalue weighted by Crippen LogP contribution is -2.43. The fourth-order valence-electron chi connectivity index (χ4n) is 2.00. The summed E-state index contributed by atoms with van der Waals surface area (Å²) in [5, 5.41) is 0. The van der Waals surface area contributed by atoms with Crippen LogP contribution < -0.4 is 0 Å². The van der Waals surface area contributed by atoms with Gasteiger partial charge in [0.1, 0.15) is 0 Å². The number of amides is 1. The van der Waals surface area contributed by atoms with E-state index in [0.717, 1.165) is 19.3 Å². The Morgan fingerprint density at radius 1 is 1.40 bits per heavy atom. The van der Waals surface area contributed by atoms with Gasteiger partial charge in [0.25, 0.3) is 0 Å². The summed E-state index contributed by atoms with van der Waals surface area (Å²) in [5.74, 6) is -0.324. The fourth-order valence-corrected chi connectivity index (χ4v) is 2.65. The van der Waals surface area contributed by atoms with Crippen molar-refractivity contribution in [2.45, 2.75) is 37.9 Å². The molecule has 1 rings (SSSR count). The molecule has 1 fully saturated rings. The van der Waals surface area contributed by atoms with Gasteiger partial charge in [-0.2, -0.15) is 0 Å². The third kappa shape index (κ3) is 2.80. The van der Waals surface area contributed by atoms with Crippen LogP contribution >= 0.6 is 15.9 Å². The minimum atomic E-state index is -0.400. The van der Waals surface area contributed by atoms with Gasteiger partial charge in [-0.3, -0.25) is 9.59 Å². The van der Waals surface area contributed by atoms with Gasteiger partial charge in [0.2, 0.25) is 5.91 Å². The molecule has 0 bridgehead atoms. The van der Waals surface area contributed by atoms with E-state index in [2.05, 4.69) is 15.9 Å². The molecular weight excluding hydrogens is 258 g/mol. The molecule has 0 heterocycles. The van der Waals surface area contributed by atoms with Crippen LogP contribution in [0, 0.1) is 5.92 Å². The lowest BCUT2D eigenvalue weighted by Gasteiger charge is -2.28. The number of ketones is 1. The third-order valence-corrected chi connectivity index (χ3v) is 3.88. The van der Waals surface area contributed by atoms with Crippen LogP contribution in [0.1, 0.15) is 33.1 Å². The summed E-state index contributed by atoms with van der Waals surface area (Å²) in [4.78, 5) is 25.4. The van der Waals surface area contributed by atoms with Gasteiger partial charge in [-0.25, -0.2) is 0 Å². The first-order chi connectivity index (χ1) is 7.11.